The Kier molecular flexibility index (Phi) is 9.87. The summed E-state index contributed by atoms with van der Waals surface area (Å²) in [5, 5.41) is 9.46. The van der Waals surface area contributed by atoms with Crippen LogP contribution < -0.4 is 20.2 Å². The molecule has 2 N–H and O–H groups in total. The molecule has 1 amide bonds. The second-order valence-corrected chi connectivity index (χ2v) is 10.7. The Balaban J connectivity index is 1.33. The van der Waals surface area contributed by atoms with E-state index in [1.807, 2.05) is 24.3 Å². The molecule has 40 heavy (non-hydrogen) atoms. The standard InChI is InChI=1S/C27H21ClF3IN4O3S/c1-38-23-10-16(9-22(32)25(23)39-14-17-5-2-3-8-21(17)28)13-33-36-24(37)12-20-15-40-26(35-20)34-19-7-4-6-18(11-19)27(29,30)31/h2-11,13,15H,12,14H2,1H3,(H,34,35)(H,36,37)/b33-13-. The van der Waals surface area contributed by atoms with Crippen LogP contribution in [0.1, 0.15) is 22.4 Å². The average molecular weight is 701 g/mol. The van der Waals surface area contributed by atoms with Crippen molar-refractivity contribution in [1.29, 1.82) is 0 Å². The third kappa shape index (κ3) is 8.08. The normalized spacial score (nSPS) is 11.4. The Labute approximate surface area is 250 Å². The van der Waals surface area contributed by atoms with Crippen LogP contribution in [-0.4, -0.2) is 24.2 Å². The molecule has 0 atom stereocenters. The van der Waals surface area contributed by atoms with Crippen molar-refractivity contribution >= 4 is 68.5 Å². The summed E-state index contributed by atoms with van der Waals surface area (Å²) in [4.78, 5) is 16.6. The van der Waals surface area contributed by atoms with Crippen molar-refractivity contribution in [3.05, 3.63) is 97.0 Å². The number of rotatable bonds is 10. The summed E-state index contributed by atoms with van der Waals surface area (Å²) >= 11 is 9.51. The molecule has 0 saturated carbocycles. The van der Waals surface area contributed by atoms with Gasteiger partial charge in [-0.2, -0.15) is 18.3 Å². The second-order valence-electron chi connectivity index (χ2n) is 8.23. The van der Waals surface area contributed by atoms with E-state index in [0.29, 0.717) is 32.9 Å². The van der Waals surface area contributed by atoms with Gasteiger partial charge in [-0.15, -0.1) is 11.3 Å². The van der Waals surface area contributed by atoms with Crippen molar-refractivity contribution in [2.75, 3.05) is 12.4 Å². The quantitative estimate of drug-likeness (QED) is 0.102. The topological polar surface area (TPSA) is 84.8 Å². The van der Waals surface area contributed by atoms with Gasteiger partial charge in [-0.05, 0) is 64.6 Å². The summed E-state index contributed by atoms with van der Waals surface area (Å²) < 4.78 is 51.0. The SMILES string of the molecule is COc1cc(/C=N\NC(=O)Cc2csc(Nc3cccc(C(F)(F)F)c3)n2)cc(I)c1OCc1ccccc1Cl. The molecule has 13 heteroatoms. The van der Waals surface area contributed by atoms with E-state index in [9.17, 15) is 18.0 Å². The van der Waals surface area contributed by atoms with Crippen molar-refractivity contribution in [2.24, 2.45) is 5.10 Å². The van der Waals surface area contributed by atoms with E-state index in [0.717, 1.165) is 21.3 Å². The molecule has 0 radical (unpaired) electrons. The van der Waals surface area contributed by atoms with Crippen LogP contribution in [0.3, 0.4) is 0 Å². The summed E-state index contributed by atoms with van der Waals surface area (Å²) in [7, 11) is 1.53. The van der Waals surface area contributed by atoms with Crippen molar-refractivity contribution in [3.8, 4) is 11.5 Å². The molecule has 0 aliphatic rings. The number of alkyl halides is 3. The lowest BCUT2D eigenvalue weighted by Gasteiger charge is -2.14. The number of thiazole rings is 1. The number of hydrogen-bond acceptors (Lipinski definition) is 7. The number of aromatic nitrogens is 1. The number of methoxy groups -OCH3 is 1. The number of halogens is 5. The first-order valence-corrected chi connectivity index (χ1v) is 13.9. The first-order chi connectivity index (χ1) is 19.1. The third-order valence-electron chi connectivity index (χ3n) is 5.32. The van der Waals surface area contributed by atoms with Crippen LogP contribution in [-0.2, 0) is 24.0 Å². The molecule has 0 unspecified atom stereocenters. The van der Waals surface area contributed by atoms with Gasteiger partial charge >= 0.3 is 6.18 Å². The number of carbonyl (C=O) groups excluding carboxylic acids is 1. The molecule has 3 aromatic carbocycles. The van der Waals surface area contributed by atoms with Gasteiger partial charge in [0.15, 0.2) is 16.6 Å². The Morgan fingerprint density at radius 2 is 1.98 bits per heavy atom. The van der Waals surface area contributed by atoms with Gasteiger partial charge in [0, 0.05) is 21.7 Å². The average Bonchev–Trinajstić information content (AvgIpc) is 3.34. The van der Waals surface area contributed by atoms with Gasteiger partial charge in [0.2, 0.25) is 5.91 Å². The van der Waals surface area contributed by atoms with Crippen molar-refractivity contribution < 1.29 is 27.4 Å². The number of ether oxygens (including phenoxy) is 2. The number of hydrazone groups is 1. The van der Waals surface area contributed by atoms with Gasteiger partial charge in [-0.1, -0.05) is 35.9 Å². The van der Waals surface area contributed by atoms with E-state index in [-0.39, 0.29) is 18.7 Å². The zero-order valence-electron chi connectivity index (χ0n) is 20.8. The van der Waals surface area contributed by atoms with E-state index in [1.54, 1.807) is 17.5 Å². The fourth-order valence-electron chi connectivity index (χ4n) is 3.44. The highest BCUT2D eigenvalue weighted by atomic mass is 127. The van der Waals surface area contributed by atoms with Crippen LogP contribution in [0.25, 0.3) is 0 Å². The fraction of sp³-hybridized carbons (Fsp3) is 0.148. The lowest BCUT2D eigenvalue weighted by atomic mass is 10.2. The highest BCUT2D eigenvalue weighted by Crippen LogP contribution is 2.35. The van der Waals surface area contributed by atoms with E-state index in [1.165, 1.54) is 36.8 Å². The van der Waals surface area contributed by atoms with Crippen LogP contribution in [0, 0.1) is 3.57 Å². The van der Waals surface area contributed by atoms with Gasteiger partial charge in [0.05, 0.1) is 34.6 Å². The number of carbonyl (C=O) groups is 1. The van der Waals surface area contributed by atoms with Gasteiger partial charge in [-0.25, -0.2) is 10.4 Å². The molecule has 4 rings (SSSR count). The number of hydrogen-bond donors (Lipinski definition) is 2. The molecule has 1 heterocycles. The van der Waals surface area contributed by atoms with Crippen LogP contribution in [0.15, 0.2) is 71.1 Å². The van der Waals surface area contributed by atoms with Gasteiger partial charge < -0.3 is 14.8 Å². The molecule has 0 spiro atoms. The van der Waals surface area contributed by atoms with Crippen LogP contribution >= 0.6 is 45.5 Å². The van der Waals surface area contributed by atoms with Gasteiger partial charge in [-0.3, -0.25) is 4.79 Å². The number of amides is 1. The van der Waals surface area contributed by atoms with Crippen molar-refractivity contribution in [2.45, 2.75) is 19.2 Å². The lowest BCUT2D eigenvalue weighted by molar-refractivity contribution is -0.137. The monoisotopic (exact) mass is 700 g/mol. The molecule has 208 valence electrons. The van der Waals surface area contributed by atoms with E-state index in [2.05, 4.69) is 43.4 Å². The molecule has 0 bridgehead atoms. The summed E-state index contributed by atoms with van der Waals surface area (Å²) in [6.45, 7) is 0.267. The molecule has 1 aromatic heterocycles. The van der Waals surface area contributed by atoms with Gasteiger partial charge in [0.1, 0.15) is 6.61 Å². The van der Waals surface area contributed by atoms with Crippen molar-refractivity contribution in [3.63, 3.8) is 0 Å². The zero-order valence-corrected chi connectivity index (χ0v) is 24.5. The summed E-state index contributed by atoms with van der Waals surface area (Å²) in [6.07, 6.45) is -3.03. The molecule has 4 aromatic rings. The Hall–Kier alpha value is -3.36. The summed E-state index contributed by atoms with van der Waals surface area (Å²) in [6, 6.07) is 15.8. The van der Waals surface area contributed by atoms with Gasteiger partial charge in [0.25, 0.3) is 0 Å². The minimum absolute atomic E-state index is 0.0617. The predicted molar refractivity (Wildman–Crippen MR) is 158 cm³/mol. The first kappa shape index (κ1) is 29.6. The lowest BCUT2D eigenvalue weighted by Crippen LogP contribution is -2.20. The Morgan fingerprint density at radius 1 is 1.18 bits per heavy atom. The Morgan fingerprint density at radius 3 is 2.73 bits per heavy atom. The largest absolute Gasteiger partial charge is 0.493 e. The molecular weight excluding hydrogens is 680 g/mol. The molecular formula is C27H21ClF3IN4O3S. The Bertz CT molecular complexity index is 1530. The second kappa shape index (κ2) is 13.3. The molecule has 0 aliphatic carbocycles. The molecule has 0 saturated heterocycles. The smallest absolute Gasteiger partial charge is 0.416 e. The number of anilines is 2. The number of benzene rings is 3. The predicted octanol–water partition coefficient (Wildman–Crippen LogP) is 7.44. The minimum atomic E-state index is -4.44. The molecule has 7 nitrogen and oxygen atoms in total. The van der Waals surface area contributed by atoms with E-state index in [4.69, 9.17) is 21.1 Å². The van der Waals surface area contributed by atoms with E-state index >= 15 is 0 Å². The minimum Gasteiger partial charge on any atom is -0.493 e. The number of nitrogens with zero attached hydrogens (tertiary/aromatic N) is 2. The fourth-order valence-corrected chi connectivity index (χ4v) is 5.15. The first-order valence-electron chi connectivity index (χ1n) is 11.6. The molecule has 0 fully saturated rings. The van der Waals surface area contributed by atoms with Crippen LogP contribution in [0.2, 0.25) is 5.02 Å². The summed E-state index contributed by atoms with van der Waals surface area (Å²) in [5.74, 6) is 0.644. The maximum Gasteiger partial charge on any atom is 0.416 e. The maximum absolute atomic E-state index is 12.9. The highest BCUT2D eigenvalue weighted by Gasteiger charge is 2.30. The van der Waals surface area contributed by atoms with Crippen LogP contribution in [0.4, 0.5) is 24.0 Å². The maximum atomic E-state index is 12.9. The highest BCUT2D eigenvalue weighted by molar-refractivity contribution is 14.1. The summed E-state index contributed by atoms with van der Waals surface area (Å²) in [5.41, 5.74) is 3.89. The number of nitrogens with one attached hydrogen (secondary N) is 2. The third-order valence-corrected chi connectivity index (χ3v) is 7.30. The zero-order chi connectivity index (χ0) is 28.7. The van der Waals surface area contributed by atoms with E-state index < -0.39 is 17.6 Å². The molecule has 0 aliphatic heterocycles. The van der Waals surface area contributed by atoms with Crippen molar-refractivity contribution in [1.82, 2.24) is 10.4 Å². The van der Waals surface area contributed by atoms with Crippen LogP contribution in [0.5, 0.6) is 11.5 Å².